The summed E-state index contributed by atoms with van der Waals surface area (Å²) in [4.78, 5) is 39.5. The van der Waals surface area contributed by atoms with Crippen LogP contribution < -0.4 is 10.9 Å². The minimum Gasteiger partial charge on any atom is -0.474 e. The molecule has 1 aromatic heterocycles. The Labute approximate surface area is 174 Å². The minimum absolute atomic E-state index is 0.196. The van der Waals surface area contributed by atoms with Crippen molar-refractivity contribution < 1.29 is 14.7 Å². The highest BCUT2D eigenvalue weighted by Gasteiger charge is 2.21. The van der Waals surface area contributed by atoms with Crippen molar-refractivity contribution in [2.24, 2.45) is 0 Å². The van der Waals surface area contributed by atoms with Crippen LogP contribution in [0, 0.1) is 0 Å². The van der Waals surface area contributed by atoms with E-state index in [1.807, 2.05) is 12.1 Å². The number of nitrogens with zero attached hydrogens (tertiary/aromatic N) is 2. The molecule has 1 amide bonds. The molecule has 0 saturated carbocycles. The number of halogens is 2. The summed E-state index contributed by atoms with van der Waals surface area (Å²) < 4.78 is 1.60. The molecule has 9 heteroatoms. The fourth-order valence-corrected chi connectivity index (χ4v) is 3.53. The van der Waals surface area contributed by atoms with Gasteiger partial charge in [0, 0.05) is 12.2 Å². The van der Waals surface area contributed by atoms with Crippen molar-refractivity contribution in [2.45, 2.75) is 13.0 Å². The SMILES string of the molecule is O=C(O)C(=O)Nc1ccc2c(=O)n3c(nc2c1)/C(=C/c1ccc(Cl)c(Cl)c1)CC3. The van der Waals surface area contributed by atoms with Gasteiger partial charge in [0.2, 0.25) is 0 Å². The summed E-state index contributed by atoms with van der Waals surface area (Å²) in [5.74, 6) is -2.24. The molecule has 0 spiro atoms. The number of benzene rings is 2. The fourth-order valence-electron chi connectivity index (χ4n) is 3.22. The summed E-state index contributed by atoms with van der Waals surface area (Å²) in [6, 6.07) is 9.73. The topological polar surface area (TPSA) is 101 Å². The third kappa shape index (κ3) is 3.62. The van der Waals surface area contributed by atoms with Gasteiger partial charge in [-0.3, -0.25) is 14.2 Å². The van der Waals surface area contributed by atoms with Gasteiger partial charge in [-0.2, -0.15) is 0 Å². The van der Waals surface area contributed by atoms with Gasteiger partial charge in [-0.05, 0) is 54.0 Å². The molecule has 3 aromatic rings. The number of anilines is 1. The van der Waals surface area contributed by atoms with Crippen molar-refractivity contribution in [3.63, 3.8) is 0 Å². The van der Waals surface area contributed by atoms with Crippen LogP contribution in [-0.4, -0.2) is 26.5 Å². The zero-order valence-corrected chi connectivity index (χ0v) is 16.3. The van der Waals surface area contributed by atoms with E-state index < -0.39 is 11.9 Å². The third-order valence-electron chi connectivity index (χ3n) is 4.58. The zero-order valence-electron chi connectivity index (χ0n) is 14.8. The maximum Gasteiger partial charge on any atom is 0.394 e. The van der Waals surface area contributed by atoms with Gasteiger partial charge in [-0.15, -0.1) is 0 Å². The molecule has 2 heterocycles. The van der Waals surface area contributed by atoms with Crippen molar-refractivity contribution in [1.82, 2.24) is 9.55 Å². The van der Waals surface area contributed by atoms with Gasteiger partial charge in [-0.25, -0.2) is 9.78 Å². The molecule has 0 atom stereocenters. The number of rotatable bonds is 2. The van der Waals surface area contributed by atoms with Crippen molar-refractivity contribution in [3.05, 3.63) is 68.2 Å². The lowest BCUT2D eigenvalue weighted by molar-refractivity contribution is -0.147. The molecule has 1 aliphatic heterocycles. The average molecular weight is 430 g/mol. The van der Waals surface area contributed by atoms with Crippen molar-refractivity contribution in [2.75, 3.05) is 5.32 Å². The molecule has 29 heavy (non-hydrogen) atoms. The van der Waals surface area contributed by atoms with E-state index >= 15 is 0 Å². The second-order valence-corrected chi connectivity index (χ2v) is 7.29. The Morgan fingerprint density at radius 1 is 1.14 bits per heavy atom. The number of carbonyl (C=O) groups excluding carboxylic acids is 1. The first kappa shape index (κ1) is 19.2. The average Bonchev–Trinajstić information content (AvgIpc) is 3.07. The number of carboxylic acids is 1. The van der Waals surface area contributed by atoms with Crippen molar-refractivity contribution in [3.8, 4) is 0 Å². The van der Waals surface area contributed by atoms with Gasteiger partial charge in [-0.1, -0.05) is 29.3 Å². The van der Waals surface area contributed by atoms with Crippen LogP contribution in [0.5, 0.6) is 0 Å². The summed E-state index contributed by atoms with van der Waals surface area (Å²) in [6.45, 7) is 0.502. The molecule has 7 nitrogen and oxygen atoms in total. The Morgan fingerprint density at radius 2 is 1.93 bits per heavy atom. The summed E-state index contributed by atoms with van der Waals surface area (Å²) in [6.07, 6.45) is 2.52. The molecular formula is C20H13Cl2N3O4. The zero-order chi connectivity index (χ0) is 20.7. The number of aliphatic carboxylic acids is 1. The number of nitrogens with one attached hydrogen (secondary N) is 1. The number of allylic oxidation sites excluding steroid dienone is 1. The first-order valence-corrected chi connectivity index (χ1v) is 9.34. The lowest BCUT2D eigenvalue weighted by atomic mass is 10.1. The second kappa shape index (κ2) is 7.35. The molecule has 2 aromatic carbocycles. The second-order valence-electron chi connectivity index (χ2n) is 6.48. The van der Waals surface area contributed by atoms with E-state index in [4.69, 9.17) is 28.3 Å². The standard InChI is InChI=1S/C20H13Cl2N3O4/c21-14-4-1-10(8-15(14)22)7-11-5-6-25-17(11)24-16-9-12(23-18(26)20(28)29)2-3-13(16)19(25)27/h1-4,7-9H,5-6H2,(H,23,26)(H,28,29)/b11-7+. The van der Waals surface area contributed by atoms with E-state index in [9.17, 15) is 14.4 Å². The molecule has 0 aliphatic carbocycles. The van der Waals surface area contributed by atoms with Gasteiger partial charge < -0.3 is 10.4 Å². The van der Waals surface area contributed by atoms with Gasteiger partial charge in [0.25, 0.3) is 5.56 Å². The number of carbonyl (C=O) groups is 2. The molecule has 0 unspecified atom stereocenters. The van der Waals surface area contributed by atoms with Crippen LogP contribution in [0.15, 0.2) is 41.2 Å². The van der Waals surface area contributed by atoms with Gasteiger partial charge >= 0.3 is 11.9 Å². The van der Waals surface area contributed by atoms with E-state index in [0.29, 0.717) is 39.7 Å². The molecular weight excluding hydrogens is 417 g/mol. The smallest absolute Gasteiger partial charge is 0.394 e. The Hall–Kier alpha value is -3.16. The normalized spacial score (nSPS) is 14.2. The first-order valence-electron chi connectivity index (χ1n) is 8.58. The monoisotopic (exact) mass is 429 g/mol. The van der Waals surface area contributed by atoms with Crippen LogP contribution in [0.25, 0.3) is 22.6 Å². The van der Waals surface area contributed by atoms with Crippen LogP contribution >= 0.6 is 23.2 Å². The van der Waals surface area contributed by atoms with Crippen molar-refractivity contribution >= 4 is 63.3 Å². The summed E-state index contributed by atoms with van der Waals surface area (Å²) in [5, 5.41) is 12.3. The number of carboxylic acid groups (broad SMARTS) is 1. The van der Waals surface area contributed by atoms with E-state index in [1.165, 1.54) is 18.2 Å². The largest absolute Gasteiger partial charge is 0.474 e. The fraction of sp³-hybridized carbons (Fsp3) is 0.100. The third-order valence-corrected chi connectivity index (χ3v) is 5.32. The number of aromatic nitrogens is 2. The predicted molar refractivity (Wildman–Crippen MR) is 111 cm³/mol. The number of fused-ring (bicyclic) bond motifs is 2. The van der Waals surface area contributed by atoms with Crippen LogP contribution in [0.4, 0.5) is 5.69 Å². The van der Waals surface area contributed by atoms with Crippen LogP contribution in [0.1, 0.15) is 17.8 Å². The number of hydrogen-bond acceptors (Lipinski definition) is 4. The molecule has 0 fully saturated rings. The molecule has 0 saturated heterocycles. The Balaban J connectivity index is 1.79. The highest BCUT2D eigenvalue weighted by Crippen LogP contribution is 2.30. The van der Waals surface area contributed by atoms with Crippen LogP contribution in [0.2, 0.25) is 10.0 Å². The summed E-state index contributed by atoms with van der Waals surface area (Å²) in [7, 11) is 0. The number of hydrogen-bond donors (Lipinski definition) is 2. The first-order chi connectivity index (χ1) is 13.8. The van der Waals surface area contributed by atoms with Gasteiger partial charge in [0.15, 0.2) is 0 Å². The summed E-state index contributed by atoms with van der Waals surface area (Å²) in [5.41, 5.74) is 2.11. The maximum atomic E-state index is 12.8. The Bertz CT molecular complexity index is 1280. The van der Waals surface area contributed by atoms with E-state index in [-0.39, 0.29) is 11.2 Å². The van der Waals surface area contributed by atoms with Crippen molar-refractivity contribution in [1.29, 1.82) is 0 Å². The maximum absolute atomic E-state index is 12.8. The number of amides is 1. The van der Waals surface area contributed by atoms with E-state index in [1.54, 1.807) is 16.7 Å². The van der Waals surface area contributed by atoms with Gasteiger partial charge in [0.1, 0.15) is 5.82 Å². The molecule has 0 radical (unpaired) electrons. The van der Waals surface area contributed by atoms with E-state index in [0.717, 1.165) is 11.1 Å². The lowest BCUT2D eigenvalue weighted by Crippen LogP contribution is -2.23. The molecule has 2 N–H and O–H groups in total. The highest BCUT2D eigenvalue weighted by atomic mass is 35.5. The highest BCUT2D eigenvalue weighted by molar-refractivity contribution is 6.42. The summed E-state index contributed by atoms with van der Waals surface area (Å²) >= 11 is 12.0. The molecule has 4 rings (SSSR count). The molecule has 0 bridgehead atoms. The quantitative estimate of drug-likeness (QED) is 0.605. The van der Waals surface area contributed by atoms with Gasteiger partial charge in [0.05, 0.1) is 20.9 Å². The lowest BCUT2D eigenvalue weighted by Gasteiger charge is -2.08. The van der Waals surface area contributed by atoms with Crippen LogP contribution in [-0.2, 0) is 16.1 Å². The molecule has 1 aliphatic rings. The Kier molecular flexibility index (Phi) is 4.86. The predicted octanol–water partition coefficient (Wildman–Crippen LogP) is 3.67. The minimum atomic E-state index is -1.60. The Morgan fingerprint density at radius 3 is 2.66 bits per heavy atom. The molecule has 146 valence electrons. The van der Waals surface area contributed by atoms with E-state index in [2.05, 4.69) is 10.3 Å². The van der Waals surface area contributed by atoms with Crippen LogP contribution in [0.3, 0.4) is 0 Å².